The van der Waals surface area contributed by atoms with Crippen molar-refractivity contribution in [3.63, 3.8) is 0 Å². The van der Waals surface area contributed by atoms with Gasteiger partial charge in [-0.25, -0.2) is 15.0 Å². The standard InChI is InChI=1S/C40H25N5/c41-26-27-19-21-28(22-20-27)31-23-32(25-33(24-31)45-36-17-9-7-15-34(36)35-16-8-10-18-37(35)45)40-43-38(29-11-3-1-4-12-29)42-39(44-40)30-13-5-2-6-14-30/h1-25H. The van der Waals surface area contributed by atoms with Crippen molar-refractivity contribution in [1.29, 1.82) is 5.26 Å². The molecule has 0 atom stereocenters. The fourth-order valence-corrected chi connectivity index (χ4v) is 5.91. The molecule has 0 N–H and O–H groups in total. The predicted octanol–water partition coefficient (Wildman–Crippen LogP) is 9.51. The molecule has 0 aliphatic rings. The van der Waals surface area contributed by atoms with Gasteiger partial charge < -0.3 is 4.57 Å². The third-order valence-electron chi connectivity index (χ3n) is 8.06. The Labute approximate surface area is 260 Å². The second-order valence-corrected chi connectivity index (χ2v) is 10.9. The summed E-state index contributed by atoms with van der Waals surface area (Å²) < 4.78 is 2.30. The van der Waals surface area contributed by atoms with Crippen LogP contribution < -0.4 is 0 Å². The summed E-state index contributed by atoms with van der Waals surface area (Å²) >= 11 is 0. The number of fused-ring (bicyclic) bond motifs is 3. The van der Waals surface area contributed by atoms with E-state index >= 15 is 0 Å². The van der Waals surface area contributed by atoms with E-state index in [0.717, 1.165) is 44.5 Å². The molecule has 8 rings (SSSR count). The molecular formula is C40H25N5. The van der Waals surface area contributed by atoms with E-state index in [1.807, 2.05) is 84.9 Å². The SMILES string of the molecule is N#Cc1ccc(-c2cc(-c3nc(-c4ccccc4)nc(-c4ccccc4)n3)cc(-n3c4ccccc4c4ccccc43)c2)cc1. The first-order chi connectivity index (χ1) is 22.2. The van der Waals surface area contributed by atoms with Crippen molar-refractivity contribution in [3.8, 4) is 57.0 Å². The second kappa shape index (κ2) is 11.0. The van der Waals surface area contributed by atoms with Crippen LogP contribution in [0.25, 0.3) is 72.8 Å². The highest BCUT2D eigenvalue weighted by Gasteiger charge is 2.17. The van der Waals surface area contributed by atoms with E-state index in [-0.39, 0.29) is 0 Å². The normalized spacial score (nSPS) is 11.1. The fraction of sp³-hybridized carbons (Fsp3) is 0. The Morgan fingerprint density at radius 2 is 0.889 bits per heavy atom. The first-order valence-electron chi connectivity index (χ1n) is 14.8. The monoisotopic (exact) mass is 575 g/mol. The second-order valence-electron chi connectivity index (χ2n) is 10.9. The number of nitrogens with zero attached hydrogens (tertiary/aromatic N) is 5. The van der Waals surface area contributed by atoms with Gasteiger partial charge in [0.25, 0.3) is 0 Å². The van der Waals surface area contributed by atoms with E-state index in [0.29, 0.717) is 23.0 Å². The van der Waals surface area contributed by atoms with Crippen LogP contribution in [0.4, 0.5) is 0 Å². The van der Waals surface area contributed by atoms with Gasteiger partial charge in [0, 0.05) is 33.2 Å². The molecule has 0 saturated heterocycles. The Kier molecular flexibility index (Phi) is 6.44. The number of aromatic nitrogens is 4. The smallest absolute Gasteiger partial charge is 0.164 e. The van der Waals surface area contributed by atoms with Crippen molar-refractivity contribution >= 4 is 21.8 Å². The first-order valence-corrected chi connectivity index (χ1v) is 14.8. The van der Waals surface area contributed by atoms with E-state index in [4.69, 9.17) is 15.0 Å². The number of hydrogen-bond donors (Lipinski definition) is 0. The van der Waals surface area contributed by atoms with E-state index in [9.17, 15) is 5.26 Å². The minimum absolute atomic E-state index is 0.584. The molecule has 0 aliphatic heterocycles. The van der Waals surface area contributed by atoms with Crippen molar-refractivity contribution in [2.24, 2.45) is 0 Å². The van der Waals surface area contributed by atoms with E-state index < -0.39 is 0 Å². The van der Waals surface area contributed by atoms with Gasteiger partial charge in [-0.05, 0) is 53.6 Å². The van der Waals surface area contributed by atoms with Crippen LogP contribution in [0.2, 0.25) is 0 Å². The van der Waals surface area contributed by atoms with E-state index in [2.05, 4.69) is 77.4 Å². The summed E-state index contributed by atoms with van der Waals surface area (Å²) in [6, 6.07) is 53.4. The molecule has 0 saturated carbocycles. The molecule has 5 heteroatoms. The van der Waals surface area contributed by atoms with Gasteiger partial charge in [-0.15, -0.1) is 0 Å². The Morgan fingerprint density at radius 3 is 1.42 bits per heavy atom. The molecule has 210 valence electrons. The van der Waals surface area contributed by atoms with Gasteiger partial charge in [0.1, 0.15) is 0 Å². The number of nitriles is 1. The van der Waals surface area contributed by atoms with Gasteiger partial charge in [0.05, 0.1) is 22.7 Å². The molecule has 0 amide bonds. The third kappa shape index (κ3) is 4.81. The van der Waals surface area contributed by atoms with Crippen LogP contribution in [0.5, 0.6) is 0 Å². The molecule has 5 nitrogen and oxygen atoms in total. The summed E-state index contributed by atoms with van der Waals surface area (Å²) in [5, 5.41) is 11.8. The van der Waals surface area contributed by atoms with Gasteiger partial charge in [-0.3, -0.25) is 0 Å². The lowest BCUT2D eigenvalue weighted by Gasteiger charge is -2.14. The van der Waals surface area contributed by atoms with E-state index in [1.54, 1.807) is 0 Å². The van der Waals surface area contributed by atoms with Crippen LogP contribution in [0.1, 0.15) is 5.56 Å². The maximum Gasteiger partial charge on any atom is 0.164 e. The summed E-state index contributed by atoms with van der Waals surface area (Å²) in [7, 11) is 0. The highest BCUT2D eigenvalue weighted by molar-refractivity contribution is 6.09. The zero-order valence-electron chi connectivity index (χ0n) is 24.2. The summed E-state index contributed by atoms with van der Waals surface area (Å²) in [5.41, 5.74) is 8.55. The molecule has 2 heterocycles. The number of hydrogen-bond acceptors (Lipinski definition) is 4. The highest BCUT2D eigenvalue weighted by atomic mass is 15.0. The average molecular weight is 576 g/mol. The molecule has 0 unspecified atom stereocenters. The van der Waals surface area contributed by atoms with Gasteiger partial charge in [-0.1, -0.05) is 109 Å². The largest absolute Gasteiger partial charge is 0.309 e. The van der Waals surface area contributed by atoms with Gasteiger partial charge >= 0.3 is 0 Å². The summed E-state index contributed by atoms with van der Waals surface area (Å²) in [6.45, 7) is 0. The molecule has 0 fully saturated rings. The van der Waals surface area contributed by atoms with Crippen molar-refractivity contribution < 1.29 is 0 Å². The van der Waals surface area contributed by atoms with Crippen molar-refractivity contribution in [1.82, 2.24) is 19.5 Å². The zero-order valence-corrected chi connectivity index (χ0v) is 24.2. The Morgan fingerprint density at radius 1 is 0.422 bits per heavy atom. The summed E-state index contributed by atoms with van der Waals surface area (Å²) in [5.74, 6) is 1.81. The first kappa shape index (κ1) is 26.3. The van der Waals surface area contributed by atoms with Crippen molar-refractivity contribution in [2.75, 3.05) is 0 Å². The lowest BCUT2D eigenvalue weighted by atomic mass is 10.00. The predicted molar refractivity (Wildman–Crippen MR) is 181 cm³/mol. The van der Waals surface area contributed by atoms with Crippen LogP contribution >= 0.6 is 0 Å². The summed E-state index contributed by atoms with van der Waals surface area (Å²) in [4.78, 5) is 15.0. The molecular weight excluding hydrogens is 550 g/mol. The number of rotatable bonds is 5. The number of benzene rings is 6. The zero-order chi connectivity index (χ0) is 30.2. The molecule has 6 aromatic carbocycles. The van der Waals surface area contributed by atoms with Crippen LogP contribution in [-0.2, 0) is 0 Å². The maximum absolute atomic E-state index is 9.43. The van der Waals surface area contributed by atoms with Crippen molar-refractivity contribution in [2.45, 2.75) is 0 Å². The molecule has 0 aliphatic carbocycles. The van der Waals surface area contributed by atoms with Gasteiger partial charge in [0.15, 0.2) is 17.5 Å². The molecule has 2 aromatic heterocycles. The molecule has 0 radical (unpaired) electrons. The topological polar surface area (TPSA) is 67.4 Å². The Bertz CT molecular complexity index is 2260. The van der Waals surface area contributed by atoms with Crippen LogP contribution in [0, 0.1) is 11.3 Å². The lowest BCUT2D eigenvalue weighted by molar-refractivity contribution is 1.07. The number of para-hydroxylation sites is 2. The van der Waals surface area contributed by atoms with Gasteiger partial charge in [0.2, 0.25) is 0 Å². The quantitative estimate of drug-likeness (QED) is 0.205. The Hall–Kier alpha value is -6.38. The van der Waals surface area contributed by atoms with Gasteiger partial charge in [-0.2, -0.15) is 5.26 Å². The molecule has 0 spiro atoms. The third-order valence-corrected chi connectivity index (χ3v) is 8.06. The average Bonchev–Trinajstić information content (AvgIpc) is 3.46. The van der Waals surface area contributed by atoms with Crippen LogP contribution in [-0.4, -0.2) is 19.5 Å². The molecule has 45 heavy (non-hydrogen) atoms. The summed E-state index contributed by atoms with van der Waals surface area (Å²) in [6.07, 6.45) is 0. The molecule has 8 aromatic rings. The van der Waals surface area contributed by atoms with E-state index in [1.165, 1.54) is 10.8 Å². The maximum atomic E-state index is 9.43. The molecule has 0 bridgehead atoms. The lowest BCUT2D eigenvalue weighted by Crippen LogP contribution is -2.01. The van der Waals surface area contributed by atoms with Crippen LogP contribution in [0.3, 0.4) is 0 Å². The van der Waals surface area contributed by atoms with Crippen molar-refractivity contribution in [3.05, 3.63) is 157 Å². The Balaban J connectivity index is 1.41. The fourth-order valence-electron chi connectivity index (χ4n) is 5.91. The van der Waals surface area contributed by atoms with Crippen LogP contribution in [0.15, 0.2) is 152 Å². The minimum Gasteiger partial charge on any atom is -0.309 e. The minimum atomic E-state index is 0.584. The highest BCUT2D eigenvalue weighted by Crippen LogP contribution is 2.36.